The van der Waals surface area contributed by atoms with Gasteiger partial charge in [-0.3, -0.25) is 14.1 Å². The number of hydrogen-bond donors (Lipinski definition) is 1. The smallest absolute Gasteiger partial charge is 0.212 e. The Morgan fingerprint density at radius 1 is 1.14 bits per heavy atom. The molecule has 0 bridgehead atoms. The van der Waals surface area contributed by atoms with E-state index in [1.807, 2.05) is 73.7 Å². The first kappa shape index (κ1) is 21.0. The Morgan fingerprint density at radius 2 is 1.82 bits per heavy atom. The second-order valence-corrected chi connectivity index (χ2v) is 10.2. The van der Waals surface area contributed by atoms with Gasteiger partial charge in [0.25, 0.3) is 0 Å². The Hall–Kier alpha value is -1.71. The van der Waals surface area contributed by atoms with Gasteiger partial charge in [0.15, 0.2) is 5.72 Å². The van der Waals surface area contributed by atoms with Crippen LogP contribution in [-0.4, -0.2) is 29.3 Å². The number of allylic oxidation sites excluding steroid dienone is 1. The number of benzene rings is 2. The maximum atomic E-state index is 13.8. The van der Waals surface area contributed by atoms with Gasteiger partial charge >= 0.3 is 0 Å². The van der Waals surface area contributed by atoms with Crippen LogP contribution in [0.2, 0.25) is 5.02 Å². The van der Waals surface area contributed by atoms with Crippen molar-refractivity contribution >= 4 is 25.2 Å². The lowest BCUT2D eigenvalue weighted by atomic mass is 9.91. The SMILES string of the molecule is CC(O)CP(=O)(Cc1ccccc1)OC1(C(C)c2ccc(Cl)cc2)C=CC=N1. The number of hydrogen-bond acceptors (Lipinski definition) is 4. The second kappa shape index (κ2) is 8.75. The van der Waals surface area contributed by atoms with Crippen LogP contribution in [0.5, 0.6) is 0 Å². The molecule has 0 radical (unpaired) electrons. The van der Waals surface area contributed by atoms with E-state index < -0.39 is 19.2 Å². The molecule has 0 aromatic heterocycles. The fourth-order valence-corrected chi connectivity index (χ4v) is 6.19. The van der Waals surface area contributed by atoms with Crippen LogP contribution < -0.4 is 0 Å². The van der Waals surface area contributed by atoms with Gasteiger partial charge in [-0.25, -0.2) is 0 Å². The molecule has 0 saturated heterocycles. The summed E-state index contributed by atoms with van der Waals surface area (Å²) in [5.74, 6) is -0.183. The highest BCUT2D eigenvalue weighted by molar-refractivity contribution is 7.58. The molecule has 0 fully saturated rings. The molecule has 4 atom stereocenters. The first-order valence-electron chi connectivity index (χ1n) is 9.31. The quantitative estimate of drug-likeness (QED) is 0.564. The molecule has 0 saturated carbocycles. The van der Waals surface area contributed by atoms with Gasteiger partial charge in [0.2, 0.25) is 7.37 Å². The van der Waals surface area contributed by atoms with E-state index in [9.17, 15) is 9.67 Å². The minimum Gasteiger partial charge on any atom is -0.393 e. The van der Waals surface area contributed by atoms with Crippen molar-refractivity contribution < 1.29 is 14.2 Å². The number of aliphatic imine (C=N–C) groups is 1. The topological polar surface area (TPSA) is 58.9 Å². The predicted molar refractivity (Wildman–Crippen MR) is 116 cm³/mol. The van der Waals surface area contributed by atoms with E-state index in [0.29, 0.717) is 5.02 Å². The maximum Gasteiger partial charge on any atom is 0.212 e. The van der Waals surface area contributed by atoms with E-state index in [1.54, 1.807) is 13.1 Å². The molecule has 0 spiro atoms. The third kappa shape index (κ3) is 5.01. The lowest BCUT2D eigenvalue weighted by Gasteiger charge is -2.35. The normalized spacial score (nSPS) is 22.7. The lowest BCUT2D eigenvalue weighted by molar-refractivity contribution is 0.106. The summed E-state index contributed by atoms with van der Waals surface area (Å²) in [4.78, 5) is 4.55. The Kier molecular flexibility index (Phi) is 6.57. The molecule has 28 heavy (non-hydrogen) atoms. The van der Waals surface area contributed by atoms with E-state index in [0.717, 1.165) is 11.1 Å². The molecule has 1 heterocycles. The van der Waals surface area contributed by atoms with Crippen LogP contribution in [0.15, 0.2) is 71.7 Å². The molecule has 6 heteroatoms. The minimum atomic E-state index is -3.24. The van der Waals surface area contributed by atoms with Crippen molar-refractivity contribution in [2.75, 3.05) is 6.16 Å². The van der Waals surface area contributed by atoms with Crippen LogP contribution in [0, 0.1) is 0 Å². The molecule has 2 aromatic rings. The van der Waals surface area contributed by atoms with Crippen molar-refractivity contribution in [1.29, 1.82) is 0 Å². The third-order valence-electron chi connectivity index (χ3n) is 4.81. The van der Waals surface area contributed by atoms with Crippen LogP contribution in [-0.2, 0) is 15.3 Å². The third-order valence-corrected chi connectivity index (χ3v) is 7.62. The van der Waals surface area contributed by atoms with E-state index >= 15 is 0 Å². The van der Waals surface area contributed by atoms with Crippen LogP contribution in [0.25, 0.3) is 0 Å². The monoisotopic (exact) mass is 417 g/mol. The summed E-state index contributed by atoms with van der Waals surface area (Å²) in [7, 11) is -3.24. The van der Waals surface area contributed by atoms with Gasteiger partial charge in [-0.1, -0.05) is 61.0 Å². The largest absolute Gasteiger partial charge is 0.393 e. The zero-order valence-electron chi connectivity index (χ0n) is 16.0. The average molecular weight is 418 g/mol. The first-order chi connectivity index (χ1) is 13.3. The Morgan fingerprint density at radius 3 is 2.39 bits per heavy atom. The molecule has 4 unspecified atom stereocenters. The second-order valence-electron chi connectivity index (χ2n) is 7.24. The van der Waals surface area contributed by atoms with Crippen molar-refractivity contribution in [3.05, 3.63) is 82.9 Å². The van der Waals surface area contributed by atoms with Crippen LogP contribution in [0.1, 0.15) is 30.9 Å². The predicted octanol–water partition coefficient (Wildman–Crippen LogP) is 5.66. The summed E-state index contributed by atoms with van der Waals surface area (Å²) < 4.78 is 20.2. The molecule has 1 aliphatic heterocycles. The van der Waals surface area contributed by atoms with Crippen molar-refractivity contribution in [3.63, 3.8) is 0 Å². The number of aliphatic hydroxyl groups excluding tert-OH is 1. The van der Waals surface area contributed by atoms with Crippen molar-refractivity contribution in [1.82, 2.24) is 0 Å². The van der Waals surface area contributed by atoms with Gasteiger partial charge in [0, 0.05) is 23.3 Å². The molecule has 3 rings (SSSR count). The van der Waals surface area contributed by atoms with E-state index in [2.05, 4.69) is 4.99 Å². The summed E-state index contributed by atoms with van der Waals surface area (Å²) in [6.07, 6.45) is 4.89. The van der Waals surface area contributed by atoms with Gasteiger partial charge in [-0.15, -0.1) is 0 Å². The average Bonchev–Trinajstić information content (AvgIpc) is 3.11. The van der Waals surface area contributed by atoms with Gasteiger partial charge in [-0.2, -0.15) is 0 Å². The fraction of sp³-hybridized carbons (Fsp3) is 0.318. The number of aliphatic hydroxyl groups is 1. The first-order valence-corrected chi connectivity index (χ1v) is 11.7. The number of nitrogens with zero attached hydrogens (tertiary/aromatic N) is 1. The molecule has 1 aliphatic rings. The van der Waals surface area contributed by atoms with Gasteiger partial charge in [0.1, 0.15) is 0 Å². The minimum absolute atomic E-state index is 0.0698. The summed E-state index contributed by atoms with van der Waals surface area (Å²) in [6, 6.07) is 17.1. The van der Waals surface area contributed by atoms with E-state index in [1.165, 1.54) is 0 Å². The van der Waals surface area contributed by atoms with Crippen molar-refractivity contribution in [2.24, 2.45) is 4.99 Å². The van der Waals surface area contributed by atoms with Gasteiger partial charge in [0.05, 0.1) is 12.3 Å². The highest BCUT2D eigenvalue weighted by Crippen LogP contribution is 2.57. The standard InChI is InChI=1S/C22H25ClNO3P/c1-17(25)15-28(26,16-19-7-4-3-5-8-19)27-22(13-6-14-24-22)18(2)20-9-11-21(23)12-10-20/h3-14,17-18,25H,15-16H2,1-2H3. The molecule has 0 amide bonds. The molecule has 0 aliphatic carbocycles. The van der Waals surface area contributed by atoms with Crippen LogP contribution >= 0.6 is 19.0 Å². The zero-order valence-corrected chi connectivity index (χ0v) is 17.7. The zero-order chi connectivity index (χ0) is 20.2. The summed E-state index contributed by atoms with van der Waals surface area (Å²) >= 11 is 6.02. The Bertz CT molecular complexity index is 882. The Labute approximate surface area is 171 Å². The maximum absolute atomic E-state index is 13.8. The van der Waals surface area contributed by atoms with E-state index in [4.69, 9.17) is 16.1 Å². The summed E-state index contributed by atoms with van der Waals surface area (Å²) in [6.45, 7) is 3.62. The lowest BCUT2D eigenvalue weighted by Crippen LogP contribution is -2.33. The number of rotatable bonds is 8. The molecule has 4 nitrogen and oxygen atoms in total. The van der Waals surface area contributed by atoms with E-state index in [-0.39, 0.29) is 18.2 Å². The Balaban J connectivity index is 1.93. The van der Waals surface area contributed by atoms with Gasteiger partial charge in [-0.05, 0) is 42.3 Å². The molecular formula is C22H25ClNO3P. The molecule has 1 N–H and O–H groups in total. The van der Waals surface area contributed by atoms with Crippen molar-refractivity contribution in [3.8, 4) is 0 Å². The molecule has 2 aromatic carbocycles. The van der Waals surface area contributed by atoms with Crippen LogP contribution in [0.3, 0.4) is 0 Å². The molecule has 148 valence electrons. The highest BCUT2D eigenvalue weighted by Gasteiger charge is 2.43. The molecular weight excluding hydrogens is 393 g/mol. The van der Waals surface area contributed by atoms with Crippen LogP contribution in [0.4, 0.5) is 0 Å². The summed E-state index contributed by atoms with van der Waals surface area (Å²) in [5.41, 5.74) is 0.815. The van der Waals surface area contributed by atoms with Crippen molar-refractivity contribution in [2.45, 2.75) is 37.8 Å². The summed E-state index contributed by atoms with van der Waals surface area (Å²) in [5, 5.41) is 10.6. The number of halogens is 1. The fourth-order valence-electron chi connectivity index (χ4n) is 3.43. The van der Waals surface area contributed by atoms with Gasteiger partial charge < -0.3 is 5.11 Å². The highest BCUT2D eigenvalue weighted by atomic mass is 35.5.